The van der Waals surface area contributed by atoms with E-state index < -0.39 is 0 Å². The van der Waals surface area contributed by atoms with Crippen molar-refractivity contribution in [1.29, 1.82) is 0 Å². The van der Waals surface area contributed by atoms with Gasteiger partial charge in [-0.15, -0.1) is 0 Å². The van der Waals surface area contributed by atoms with E-state index >= 15 is 0 Å². The molecule has 0 N–H and O–H groups in total. The van der Waals surface area contributed by atoms with Gasteiger partial charge in [0.25, 0.3) is 0 Å². The molecule has 0 rings (SSSR count). The molecule has 0 bridgehead atoms. The molecular formula is C10H18S. The molecule has 1 heteroatoms. The van der Waals surface area contributed by atoms with Crippen molar-refractivity contribution in [3.8, 4) is 0 Å². The van der Waals surface area contributed by atoms with Crippen LogP contribution in [0, 0.1) is 5.92 Å². The zero-order valence-corrected chi connectivity index (χ0v) is 8.78. The standard InChI is InChI=1S/C10H18S/c1-8(2)10(4)6-5-9(3)7-11/h5-6,8,11H,7H2,1-4H3/b9-5-,10-6+. The maximum absolute atomic E-state index is 4.17. The minimum Gasteiger partial charge on any atom is -0.175 e. The molecule has 0 fully saturated rings. The molecular weight excluding hydrogens is 152 g/mol. The molecule has 0 spiro atoms. The molecule has 0 unspecified atom stereocenters. The van der Waals surface area contributed by atoms with Crippen LogP contribution >= 0.6 is 12.6 Å². The maximum Gasteiger partial charge on any atom is 0.0113 e. The molecule has 0 saturated carbocycles. The van der Waals surface area contributed by atoms with E-state index in [2.05, 4.69) is 52.5 Å². The summed E-state index contributed by atoms with van der Waals surface area (Å²) in [7, 11) is 0. The number of thiol groups is 1. The molecule has 0 aliphatic rings. The molecule has 0 aliphatic heterocycles. The smallest absolute Gasteiger partial charge is 0.0113 e. The third-order valence-electron chi connectivity index (χ3n) is 1.79. The summed E-state index contributed by atoms with van der Waals surface area (Å²) >= 11 is 4.17. The highest BCUT2D eigenvalue weighted by molar-refractivity contribution is 7.80. The first-order chi connectivity index (χ1) is 5.07. The normalized spacial score (nSPS) is 14.4. The molecule has 0 saturated heterocycles. The summed E-state index contributed by atoms with van der Waals surface area (Å²) < 4.78 is 0. The fourth-order valence-electron chi connectivity index (χ4n) is 0.519. The summed E-state index contributed by atoms with van der Waals surface area (Å²) in [6.45, 7) is 8.66. The van der Waals surface area contributed by atoms with E-state index in [4.69, 9.17) is 0 Å². The number of rotatable bonds is 3. The molecule has 0 aromatic rings. The van der Waals surface area contributed by atoms with Gasteiger partial charge < -0.3 is 0 Å². The van der Waals surface area contributed by atoms with Gasteiger partial charge in [-0.05, 0) is 19.8 Å². The van der Waals surface area contributed by atoms with Crippen LogP contribution in [0.2, 0.25) is 0 Å². The molecule has 0 radical (unpaired) electrons. The molecule has 11 heavy (non-hydrogen) atoms. The Kier molecular flexibility index (Phi) is 5.39. The van der Waals surface area contributed by atoms with Crippen molar-refractivity contribution >= 4 is 12.6 Å². The number of hydrogen-bond acceptors (Lipinski definition) is 1. The van der Waals surface area contributed by atoms with E-state index in [1.54, 1.807) is 0 Å². The van der Waals surface area contributed by atoms with Gasteiger partial charge in [0.1, 0.15) is 0 Å². The lowest BCUT2D eigenvalue weighted by atomic mass is 10.0. The second kappa shape index (κ2) is 5.48. The Morgan fingerprint density at radius 2 is 1.82 bits per heavy atom. The molecule has 0 amide bonds. The van der Waals surface area contributed by atoms with Gasteiger partial charge >= 0.3 is 0 Å². The van der Waals surface area contributed by atoms with E-state index in [9.17, 15) is 0 Å². The fourth-order valence-corrected chi connectivity index (χ4v) is 0.624. The number of allylic oxidation sites excluding steroid dienone is 3. The Balaban J connectivity index is 4.11. The van der Waals surface area contributed by atoms with Gasteiger partial charge in [-0.2, -0.15) is 12.6 Å². The van der Waals surface area contributed by atoms with Crippen molar-refractivity contribution in [3.63, 3.8) is 0 Å². The largest absolute Gasteiger partial charge is 0.175 e. The van der Waals surface area contributed by atoms with E-state index in [1.807, 2.05) is 0 Å². The van der Waals surface area contributed by atoms with Crippen LogP contribution in [-0.2, 0) is 0 Å². The maximum atomic E-state index is 4.17. The molecule has 64 valence electrons. The summed E-state index contributed by atoms with van der Waals surface area (Å²) in [5, 5.41) is 0. The molecule has 0 aromatic carbocycles. The predicted molar refractivity (Wildman–Crippen MR) is 56.2 cm³/mol. The fraction of sp³-hybridized carbons (Fsp3) is 0.600. The summed E-state index contributed by atoms with van der Waals surface area (Å²) in [5.41, 5.74) is 2.74. The van der Waals surface area contributed by atoms with Crippen LogP contribution in [0.4, 0.5) is 0 Å². The molecule has 0 nitrogen and oxygen atoms in total. The predicted octanol–water partition coefficient (Wildman–Crippen LogP) is 3.46. The summed E-state index contributed by atoms with van der Waals surface area (Å²) in [6.07, 6.45) is 4.32. The van der Waals surface area contributed by atoms with Crippen LogP contribution in [0.5, 0.6) is 0 Å². The zero-order chi connectivity index (χ0) is 8.85. The second-order valence-electron chi connectivity index (χ2n) is 3.24. The van der Waals surface area contributed by atoms with Crippen molar-refractivity contribution in [1.82, 2.24) is 0 Å². The summed E-state index contributed by atoms with van der Waals surface area (Å²) in [4.78, 5) is 0. The van der Waals surface area contributed by atoms with Crippen LogP contribution < -0.4 is 0 Å². The molecule has 0 aromatic heterocycles. The Labute approximate surface area is 75.8 Å². The van der Waals surface area contributed by atoms with Gasteiger partial charge in [0.2, 0.25) is 0 Å². The topological polar surface area (TPSA) is 0 Å². The van der Waals surface area contributed by atoms with Gasteiger partial charge in [-0.25, -0.2) is 0 Å². The average molecular weight is 170 g/mol. The third kappa shape index (κ3) is 5.14. The monoisotopic (exact) mass is 170 g/mol. The van der Waals surface area contributed by atoms with E-state index in [0.717, 1.165) is 5.75 Å². The zero-order valence-electron chi connectivity index (χ0n) is 7.89. The van der Waals surface area contributed by atoms with Crippen LogP contribution in [0.1, 0.15) is 27.7 Å². The van der Waals surface area contributed by atoms with Gasteiger partial charge in [0.15, 0.2) is 0 Å². The van der Waals surface area contributed by atoms with Gasteiger partial charge in [0, 0.05) is 5.75 Å². The first-order valence-corrected chi connectivity index (χ1v) is 4.66. The first kappa shape index (κ1) is 10.8. The van der Waals surface area contributed by atoms with Crippen molar-refractivity contribution in [2.24, 2.45) is 5.92 Å². The Bertz CT molecular complexity index is 164. The van der Waals surface area contributed by atoms with Crippen LogP contribution in [-0.4, -0.2) is 5.75 Å². The SMILES string of the molecule is C/C(=C/C=C(\C)C(C)C)CS. The molecule has 0 heterocycles. The van der Waals surface area contributed by atoms with Crippen molar-refractivity contribution in [3.05, 3.63) is 23.3 Å². The van der Waals surface area contributed by atoms with E-state index in [1.165, 1.54) is 11.1 Å². The Hall–Kier alpha value is -0.170. The first-order valence-electron chi connectivity index (χ1n) is 4.02. The highest BCUT2D eigenvalue weighted by Gasteiger charge is 1.92. The van der Waals surface area contributed by atoms with Gasteiger partial charge in [0.05, 0.1) is 0 Å². The van der Waals surface area contributed by atoms with Crippen LogP contribution in [0.15, 0.2) is 23.3 Å². The minimum absolute atomic E-state index is 0.652. The highest BCUT2D eigenvalue weighted by Crippen LogP contribution is 2.08. The lowest BCUT2D eigenvalue weighted by molar-refractivity contribution is 0.769. The lowest BCUT2D eigenvalue weighted by Gasteiger charge is -2.02. The van der Waals surface area contributed by atoms with Gasteiger partial charge in [-0.1, -0.05) is 37.1 Å². The molecule has 0 atom stereocenters. The second-order valence-corrected chi connectivity index (χ2v) is 3.55. The number of hydrogen-bond donors (Lipinski definition) is 1. The lowest BCUT2D eigenvalue weighted by Crippen LogP contribution is -1.87. The van der Waals surface area contributed by atoms with Gasteiger partial charge in [-0.3, -0.25) is 0 Å². The van der Waals surface area contributed by atoms with Crippen molar-refractivity contribution in [2.75, 3.05) is 5.75 Å². The Morgan fingerprint density at radius 1 is 1.27 bits per heavy atom. The minimum atomic E-state index is 0.652. The van der Waals surface area contributed by atoms with E-state index in [-0.39, 0.29) is 0 Å². The van der Waals surface area contributed by atoms with Crippen LogP contribution in [0.3, 0.4) is 0 Å². The summed E-state index contributed by atoms with van der Waals surface area (Å²) in [6, 6.07) is 0. The van der Waals surface area contributed by atoms with Crippen molar-refractivity contribution < 1.29 is 0 Å². The quantitative estimate of drug-likeness (QED) is 0.486. The average Bonchev–Trinajstić information content (AvgIpc) is 1.99. The van der Waals surface area contributed by atoms with Crippen molar-refractivity contribution in [2.45, 2.75) is 27.7 Å². The molecule has 0 aliphatic carbocycles. The third-order valence-corrected chi connectivity index (χ3v) is 2.29. The summed E-state index contributed by atoms with van der Waals surface area (Å²) in [5.74, 6) is 1.50. The van der Waals surface area contributed by atoms with Crippen LogP contribution in [0.25, 0.3) is 0 Å². The Morgan fingerprint density at radius 3 is 2.18 bits per heavy atom. The van der Waals surface area contributed by atoms with E-state index in [0.29, 0.717) is 5.92 Å². The highest BCUT2D eigenvalue weighted by atomic mass is 32.1.